The van der Waals surface area contributed by atoms with Crippen LogP contribution in [0.15, 0.2) is 41.8 Å². The first kappa shape index (κ1) is 13.6. The number of thiophene rings is 1. The largest absolute Gasteiger partial charge is 0.397 e. The van der Waals surface area contributed by atoms with Crippen molar-refractivity contribution in [2.24, 2.45) is 0 Å². The summed E-state index contributed by atoms with van der Waals surface area (Å²) in [6.07, 6.45) is 0. The lowest BCUT2D eigenvalue weighted by molar-refractivity contribution is 0.102. The number of fused-ring (bicyclic) bond motifs is 1. The third-order valence-electron chi connectivity index (χ3n) is 3.73. The van der Waals surface area contributed by atoms with Crippen molar-refractivity contribution in [1.29, 1.82) is 0 Å². The van der Waals surface area contributed by atoms with E-state index in [4.69, 9.17) is 5.73 Å². The van der Waals surface area contributed by atoms with Crippen LogP contribution in [0.25, 0.3) is 10.1 Å². The Hall–Kier alpha value is -2.33. The van der Waals surface area contributed by atoms with Crippen LogP contribution in [0.1, 0.15) is 21.5 Å². The third kappa shape index (κ3) is 2.38. The zero-order valence-electron chi connectivity index (χ0n) is 11.9. The number of carbonyl (C=O) groups is 1. The average molecular weight is 296 g/mol. The van der Waals surface area contributed by atoms with Crippen LogP contribution >= 0.6 is 11.3 Å². The Kier molecular flexibility index (Phi) is 3.39. The van der Waals surface area contributed by atoms with Gasteiger partial charge in [-0.25, -0.2) is 0 Å². The molecule has 3 rings (SSSR count). The maximum absolute atomic E-state index is 12.5. The van der Waals surface area contributed by atoms with E-state index in [9.17, 15) is 4.79 Å². The highest BCUT2D eigenvalue weighted by Crippen LogP contribution is 2.29. The molecule has 3 aromatic rings. The van der Waals surface area contributed by atoms with Gasteiger partial charge in [0.05, 0.1) is 16.9 Å². The molecule has 106 valence electrons. The summed E-state index contributed by atoms with van der Waals surface area (Å²) in [5.41, 5.74) is 10.1. The highest BCUT2D eigenvalue weighted by atomic mass is 32.1. The van der Waals surface area contributed by atoms with Gasteiger partial charge in [0.25, 0.3) is 5.91 Å². The minimum atomic E-state index is -0.118. The molecular formula is C17H16N2OS. The molecule has 3 nitrogen and oxygen atoms in total. The molecule has 0 atom stereocenters. The Morgan fingerprint density at radius 1 is 1.14 bits per heavy atom. The van der Waals surface area contributed by atoms with Crippen molar-refractivity contribution in [3.05, 3.63) is 58.5 Å². The van der Waals surface area contributed by atoms with Gasteiger partial charge < -0.3 is 11.1 Å². The summed E-state index contributed by atoms with van der Waals surface area (Å²) < 4.78 is 1.11. The second-order valence-electron chi connectivity index (χ2n) is 5.07. The van der Waals surface area contributed by atoms with E-state index in [1.807, 2.05) is 55.6 Å². The van der Waals surface area contributed by atoms with Crippen molar-refractivity contribution < 1.29 is 4.79 Å². The lowest BCUT2D eigenvalue weighted by Crippen LogP contribution is -2.14. The Balaban J connectivity index is 1.99. The van der Waals surface area contributed by atoms with E-state index in [2.05, 4.69) is 5.32 Å². The fourth-order valence-corrected chi connectivity index (χ4v) is 3.28. The average Bonchev–Trinajstić information content (AvgIpc) is 2.91. The number of nitrogen functional groups attached to an aromatic ring is 1. The van der Waals surface area contributed by atoms with E-state index >= 15 is 0 Å². The summed E-state index contributed by atoms with van der Waals surface area (Å²) >= 11 is 1.57. The van der Waals surface area contributed by atoms with E-state index in [1.54, 1.807) is 11.3 Å². The molecule has 0 saturated carbocycles. The number of anilines is 2. The summed E-state index contributed by atoms with van der Waals surface area (Å²) in [5, 5.41) is 5.82. The Labute approximate surface area is 127 Å². The Morgan fingerprint density at radius 3 is 2.71 bits per heavy atom. The molecule has 4 heteroatoms. The van der Waals surface area contributed by atoms with Crippen LogP contribution in [0, 0.1) is 13.8 Å². The van der Waals surface area contributed by atoms with Crippen LogP contribution in [0.2, 0.25) is 0 Å². The number of hydrogen-bond acceptors (Lipinski definition) is 3. The van der Waals surface area contributed by atoms with Gasteiger partial charge in [-0.3, -0.25) is 4.79 Å². The Morgan fingerprint density at radius 2 is 1.90 bits per heavy atom. The van der Waals surface area contributed by atoms with Gasteiger partial charge in [0.15, 0.2) is 0 Å². The van der Waals surface area contributed by atoms with Gasteiger partial charge in [-0.05, 0) is 37.1 Å². The highest BCUT2D eigenvalue weighted by molar-refractivity contribution is 7.17. The van der Waals surface area contributed by atoms with E-state index in [0.717, 1.165) is 21.2 Å². The molecular weight excluding hydrogens is 280 g/mol. The summed E-state index contributed by atoms with van der Waals surface area (Å²) in [6, 6.07) is 11.7. The van der Waals surface area contributed by atoms with Gasteiger partial charge in [0, 0.05) is 15.5 Å². The normalized spacial score (nSPS) is 10.8. The quantitative estimate of drug-likeness (QED) is 0.691. The lowest BCUT2D eigenvalue weighted by atomic mass is 10.1. The molecule has 0 aliphatic heterocycles. The Bertz CT molecular complexity index is 836. The third-order valence-corrected chi connectivity index (χ3v) is 4.70. The molecule has 0 saturated heterocycles. The number of nitrogens with two attached hydrogens (primary N) is 1. The fraction of sp³-hybridized carbons (Fsp3) is 0.118. The predicted octanol–water partition coefficient (Wildman–Crippen LogP) is 4.35. The number of amides is 1. The van der Waals surface area contributed by atoms with E-state index < -0.39 is 0 Å². The van der Waals surface area contributed by atoms with E-state index in [-0.39, 0.29) is 5.91 Å². The van der Waals surface area contributed by atoms with Gasteiger partial charge in [0.1, 0.15) is 0 Å². The van der Waals surface area contributed by atoms with Crippen molar-refractivity contribution in [2.75, 3.05) is 11.1 Å². The van der Waals surface area contributed by atoms with Crippen molar-refractivity contribution in [3.8, 4) is 0 Å². The molecule has 1 heterocycles. The van der Waals surface area contributed by atoms with Crippen LogP contribution in [0.4, 0.5) is 11.4 Å². The summed E-state index contributed by atoms with van der Waals surface area (Å²) in [5.74, 6) is -0.118. The van der Waals surface area contributed by atoms with E-state index in [0.29, 0.717) is 16.9 Å². The summed E-state index contributed by atoms with van der Waals surface area (Å²) in [4.78, 5) is 12.5. The maximum atomic E-state index is 12.5. The monoisotopic (exact) mass is 296 g/mol. The second-order valence-corrected chi connectivity index (χ2v) is 5.98. The SMILES string of the molecule is Cc1ccc(N)c(NC(=O)c2csc3ccccc23)c1C. The van der Waals surface area contributed by atoms with Gasteiger partial charge in [-0.2, -0.15) is 0 Å². The number of aryl methyl sites for hydroxylation is 1. The van der Waals surface area contributed by atoms with Crippen molar-refractivity contribution >= 4 is 38.7 Å². The molecule has 0 bridgehead atoms. The number of carbonyl (C=O) groups excluding carboxylic acids is 1. The minimum Gasteiger partial charge on any atom is -0.397 e. The van der Waals surface area contributed by atoms with Crippen molar-refractivity contribution in [3.63, 3.8) is 0 Å². The molecule has 1 aromatic heterocycles. The molecule has 3 N–H and O–H groups in total. The van der Waals surface area contributed by atoms with Crippen LogP contribution in [0.5, 0.6) is 0 Å². The van der Waals surface area contributed by atoms with Crippen LogP contribution in [-0.2, 0) is 0 Å². The van der Waals surface area contributed by atoms with Gasteiger partial charge in [-0.15, -0.1) is 11.3 Å². The topological polar surface area (TPSA) is 55.1 Å². The first-order chi connectivity index (χ1) is 10.1. The molecule has 1 amide bonds. The molecule has 0 aliphatic carbocycles. The first-order valence-corrected chi connectivity index (χ1v) is 7.59. The second kappa shape index (κ2) is 5.22. The van der Waals surface area contributed by atoms with Gasteiger partial charge in [0.2, 0.25) is 0 Å². The van der Waals surface area contributed by atoms with Crippen molar-refractivity contribution in [2.45, 2.75) is 13.8 Å². The number of rotatable bonds is 2. The van der Waals surface area contributed by atoms with Crippen LogP contribution < -0.4 is 11.1 Å². The van der Waals surface area contributed by atoms with Crippen LogP contribution in [-0.4, -0.2) is 5.91 Å². The predicted molar refractivity (Wildman–Crippen MR) is 90.1 cm³/mol. The summed E-state index contributed by atoms with van der Waals surface area (Å²) in [7, 11) is 0. The van der Waals surface area contributed by atoms with Crippen LogP contribution in [0.3, 0.4) is 0 Å². The molecule has 0 fully saturated rings. The van der Waals surface area contributed by atoms with E-state index in [1.165, 1.54) is 0 Å². The van der Waals surface area contributed by atoms with Gasteiger partial charge in [-0.1, -0.05) is 24.3 Å². The minimum absolute atomic E-state index is 0.118. The first-order valence-electron chi connectivity index (χ1n) is 6.71. The number of nitrogens with one attached hydrogen (secondary N) is 1. The molecule has 2 aromatic carbocycles. The molecule has 0 radical (unpaired) electrons. The zero-order valence-corrected chi connectivity index (χ0v) is 12.8. The lowest BCUT2D eigenvalue weighted by Gasteiger charge is -2.13. The zero-order chi connectivity index (χ0) is 15.0. The fourth-order valence-electron chi connectivity index (χ4n) is 2.34. The number of hydrogen-bond donors (Lipinski definition) is 2. The number of benzene rings is 2. The molecule has 21 heavy (non-hydrogen) atoms. The highest BCUT2D eigenvalue weighted by Gasteiger charge is 2.15. The molecule has 0 unspecified atom stereocenters. The maximum Gasteiger partial charge on any atom is 0.257 e. The molecule has 0 spiro atoms. The smallest absolute Gasteiger partial charge is 0.257 e. The van der Waals surface area contributed by atoms with Crippen molar-refractivity contribution in [1.82, 2.24) is 0 Å². The molecule has 0 aliphatic rings. The van der Waals surface area contributed by atoms with Gasteiger partial charge >= 0.3 is 0 Å². The standard InChI is InChI=1S/C17H16N2OS/c1-10-7-8-14(18)16(11(10)2)19-17(20)13-9-21-15-6-4-3-5-12(13)15/h3-9H,18H2,1-2H3,(H,19,20). The summed E-state index contributed by atoms with van der Waals surface area (Å²) in [6.45, 7) is 3.97.